The van der Waals surface area contributed by atoms with E-state index in [0.29, 0.717) is 17.5 Å². The zero-order valence-electron chi connectivity index (χ0n) is 9.46. The molecule has 0 amide bonds. The third-order valence-electron chi connectivity index (χ3n) is 2.51. The molecule has 1 heterocycles. The summed E-state index contributed by atoms with van der Waals surface area (Å²) < 4.78 is 39.5. The average molecular weight is 249 g/mol. The number of rotatable bonds is 3. The number of allylic oxidation sites excluding steroid dienone is 1. The van der Waals surface area contributed by atoms with Crippen LogP contribution in [0, 0.1) is 17.5 Å². The van der Waals surface area contributed by atoms with Gasteiger partial charge in [-0.05, 0) is 23.8 Å². The van der Waals surface area contributed by atoms with Crippen LogP contribution in [0.1, 0.15) is 5.69 Å². The molecule has 0 spiro atoms. The van der Waals surface area contributed by atoms with Crippen molar-refractivity contribution in [2.45, 2.75) is 6.42 Å². The summed E-state index contributed by atoms with van der Waals surface area (Å²) in [4.78, 5) is 3.93. The van der Waals surface area contributed by atoms with Gasteiger partial charge in [0.25, 0.3) is 0 Å². The topological polar surface area (TPSA) is 12.9 Å². The molecule has 2 rings (SSSR count). The lowest BCUT2D eigenvalue weighted by Crippen LogP contribution is -1.94. The molecule has 2 aromatic rings. The Morgan fingerprint density at radius 3 is 2.33 bits per heavy atom. The van der Waals surface area contributed by atoms with Crippen LogP contribution in [0.15, 0.2) is 43.1 Å². The Bertz CT molecular complexity index is 594. The molecule has 0 N–H and O–H groups in total. The van der Waals surface area contributed by atoms with Gasteiger partial charge in [0.15, 0.2) is 11.6 Å². The van der Waals surface area contributed by atoms with Gasteiger partial charge in [0.05, 0.1) is 5.69 Å². The summed E-state index contributed by atoms with van der Waals surface area (Å²) in [6.07, 6.45) is 3.29. The Morgan fingerprint density at radius 2 is 1.72 bits per heavy atom. The van der Waals surface area contributed by atoms with Gasteiger partial charge in [-0.15, -0.1) is 6.58 Å². The van der Waals surface area contributed by atoms with E-state index in [9.17, 15) is 13.2 Å². The van der Waals surface area contributed by atoms with E-state index in [1.54, 1.807) is 6.08 Å². The molecule has 0 unspecified atom stereocenters. The summed E-state index contributed by atoms with van der Waals surface area (Å²) in [5, 5.41) is 0. The number of hydrogen-bond donors (Lipinski definition) is 0. The van der Waals surface area contributed by atoms with Crippen LogP contribution in [0.5, 0.6) is 0 Å². The van der Waals surface area contributed by atoms with E-state index in [1.165, 1.54) is 18.3 Å². The molecule has 0 atom stereocenters. The summed E-state index contributed by atoms with van der Waals surface area (Å²) in [6.45, 7) is 3.50. The van der Waals surface area contributed by atoms with Crippen LogP contribution in [0.2, 0.25) is 0 Å². The van der Waals surface area contributed by atoms with Gasteiger partial charge in [-0.25, -0.2) is 13.2 Å². The van der Waals surface area contributed by atoms with Crippen LogP contribution in [-0.2, 0) is 6.42 Å². The Hall–Kier alpha value is -2.10. The number of aromatic nitrogens is 1. The van der Waals surface area contributed by atoms with Crippen LogP contribution in [-0.4, -0.2) is 4.98 Å². The Kier molecular flexibility index (Phi) is 3.46. The molecule has 1 nitrogen and oxygen atoms in total. The van der Waals surface area contributed by atoms with Crippen LogP contribution in [0.4, 0.5) is 13.2 Å². The Labute approximate surface area is 103 Å². The third kappa shape index (κ3) is 2.42. The third-order valence-corrected chi connectivity index (χ3v) is 2.51. The van der Waals surface area contributed by atoms with Gasteiger partial charge in [0.1, 0.15) is 5.82 Å². The fraction of sp³-hybridized carbons (Fsp3) is 0.0714. The second-order valence-corrected chi connectivity index (χ2v) is 3.77. The van der Waals surface area contributed by atoms with Gasteiger partial charge in [0.2, 0.25) is 0 Å². The monoisotopic (exact) mass is 249 g/mol. The highest BCUT2D eigenvalue weighted by Gasteiger charge is 2.08. The summed E-state index contributed by atoms with van der Waals surface area (Å²) in [5.74, 6) is -2.39. The van der Waals surface area contributed by atoms with Gasteiger partial charge < -0.3 is 0 Å². The van der Waals surface area contributed by atoms with Crippen molar-refractivity contribution in [2.75, 3.05) is 0 Å². The molecule has 1 aromatic heterocycles. The number of pyridine rings is 1. The molecule has 0 aliphatic carbocycles. The van der Waals surface area contributed by atoms with E-state index in [0.717, 1.165) is 12.1 Å². The molecule has 0 aliphatic rings. The maximum atomic E-state index is 13.6. The molecule has 0 fully saturated rings. The number of hydrogen-bond acceptors (Lipinski definition) is 1. The number of benzene rings is 1. The number of halogens is 3. The minimum Gasteiger partial charge on any atom is -0.257 e. The summed E-state index contributed by atoms with van der Waals surface area (Å²) in [5.41, 5.74) is 1.06. The van der Waals surface area contributed by atoms with Crippen LogP contribution < -0.4 is 0 Å². The van der Waals surface area contributed by atoms with Gasteiger partial charge in [0, 0.05) is 18.2 Å². The highest BCUT2D eigenvalue weighted by atomic mass is 19.2. The molecule has 1 aromatic carbocycles. The first kappa shape index (κ1) is 12.4. The van der Waals surface area contributed by atoms with E-state index < -0.39 is 17.5 Å². The van der Waals surface area contributed by atoms with Crippen molar-refractivity contribution in [3.8, 4) is 11.1 Å². The van der Waals surface area contributed by atoms with Crippen molar-refractivity contribution >= 4 is 0 Å². The lowest BCUT2D eigenvalue weighted by Gasteiger charge is -2.04. The molecular weight excluding hydrogens is 239 g/mol. The van der Waals surface area contributed by atoms with E-state index >= 15 is 0 Å². The van der Waals surface area contributed by atoms with E-state index in [1.807, 2.05) is 0 Å². The van der Waals surface area contributed by atoms with E-state index in [-0.39, 0.29) is 5.69 Å². The normalized spacial score (nSPS) is 10.4. The first-order valence-electron chi connectivity index (χ1n) is 5.32. The first-order chi connectivity index (χ1) is 8.61. The fourth-order valence-electron chi connectivity index (χ4n) is 1.59. The van der Waals surface area contributed by atoms with Crippen molar-refractivity contribution in [3.05, 3.63) is 66.3 Å². The van der Waals surface area contributed by atoms with Gasteiger partial charge in [-0.2, -0.15) is 0 Å². The fourth-order valence-corrected chi connectivity index (χ4v) is 1.59. The van der Waals surface area contributed by atoms with Crippen LogP contribution in [0.25, 0.3) is 11.1 Å². The molecule has 0 saturated heterocycles. The van der Waals surface area contributed by atoms with Gasteiger partial charge in [-0.3, -0.25) is 4.98 Å². The standard InChI is InChI=1S/C14H10F3N/c1-2-3-14-13(17)7-10(8-18-14)9-4-5-11(15)12(16)6-9/h2,4-8H,1,3H2. The number of nitrogens with zero attached hydrogens (tertiary/aromatic N) is 1. The van der Waals surface area contributed by atoms with Crippen molar-refractivity contribution in [1.82, 2.24) is 4.98 Å². The first-order valence-corrected chi connectivity index (χ1v) is 5.32. The van der Waals surface area contributed by atoms with Gasteiger partial charge >= 0.3 is 0 Å². The van der Waals surface area contributed by atoms with Crippen LogP contribution >= 0.6 is 0 Å². The molecule has 92 valence electrons. The highest BCUT2D eigenvalue weighted by Crippen LogP contribution is 2.22. The summed E-state index contributed by atoms with van der Waals surface area (Å²) in [6, 6.07) is 4.64. The second-order valence-electron chi connectivity index (χ2n) is 3.77. The predicted molar refractivity (Wildman–Crippen MR) is 63.4 cm³/mol. The molecule has 18 heavy (non-hydrogen) atoms. The minimum atomic E-state index is -0.969. The molecular formula is C14H10F3N. The molecule has 4 heteroatoms. The lowest BCUT2D eigenvalue weighted by atomic mass is 10.1. The second kappa shape index (κ2) is 5.04. The SMILES string of the molecule is C=CCc1ncc(-c2ccc(F)c(F)c2)cc1F. The average Bonchev–Trinajstić information content (AvgIpc) is 2.35. The smallest absolute Gasteiger partial charge is 0.159 e. The van der Waals surface area contributed by atoms with E-state index in [2.05, 4.69) is 11.6 Å². The molecule has 0 radical (unpaired) electrons. The van der Waals surface area contributed by atoms with Crippen molar-refractivity contribution < 1.29 is 13.2 Å². The van der Waals surface area contributed by atoms with Crippen molar-refractivity contribution in [2.24, 2.45) is 0 Å². The Balaban J connectivity index is 2.42. The zero-order valence-corrected chi connectivity index (χ0v) is 9.46. The Morgan fingerprint density at radius 1 is 1.00 bits per heavy atom. The highest BCUT2D eigenvalue weighted by molar-refractivity contribution is 5.62. The van der Waals surface area contributed by atoms with Gasteiger partial charge in [-0.1, -0.05) is 12.1 Å². The molecule has 0 bridgehead atoms. The van der Waals surface area contributed by atoms with Crippen molar-refractivity contribution in [3.63, 3.8) is 0 Å². The maximum Gasteiger partial charge on any atom is 0.159 e. The minimum absolute atomic E-state index is 0.274. The zero-order chi connectivity index (χ0) is 13.1. The van der Waals surface area contributed by atoms with E-state index in [4.69, 9.17) is 0 Å². The largest absolute Gasteiger partial charge is 0.257 e. The lowest BCUT2D eigenvalue weighted by molar-refractivity contribution is 0.509. The van der Waals surface area contributed by atoms with Crippen LogP contribution in [0.3, 0.4) is 0 Å². The van der Waals surface area contributed by atoms with Crippen molar-refractivity contribution in [1.29, 1.82) is 0 Å². The quantitative estimate of drug-likeness (QED) is 0.752. The molecule has 0 saturated carbocycles. The maximum absolute atomic E-state index is 13.6. The predicted octanol–water partition coefficient (Wildman–Crippen LogP) is 3.89. The summed E-state index contributed by atoms with van der Waals surface area (Å²) in [7, 11) is 0. The molecule has 0 aliphatic heterocycles. The summed E-state index contributed by atoms with van der Waals surface area (Å²) >= 11 is 0.